The lowest BCUT2D eigenvalue weighted by Gasteiger charge is -2.33. The van der Waals surface area contributed by atoms with E-state index in [1.807, 2.05) is 60.7 Å². The Labute approximate surface area is 145 Å². The van der Waals surface area contributed by atoms with Gasteiger partial charge in [-0.05, 0) is 17.7 Å². The van der Waals surface area contributed by atoms with E-state index < -0.39 is 0 Å². The first kappa shape index (κ1) is 14.6. The molecule has 1 N–H and O–H groups in total. The largest absolute Gasteiger partial charge is 0.339 e. The van der Waals surface area contributed by atoms with Gasteiger partial charge in [-0.2, -0.15) is 5.26 Å². The summed E-state index contributed by atoms with van der Waals surface area (Å²) >= 11 is 5.54. The summed E-state index contributed by atoms with van der Waals surface area (Å²) in [6, 6.07) is 21.9. The van der Waals surface area contributed by atoms with Gasteiger partial charge in [-0.15, -0.1) is 0 Å². The Hall–Kier alpha value is -2.97. The van der Waals surface area contributed by atoms with Crippen LogP contribution in [-0.4, -0.2) is 23.4 Å². The molecular weight excluding hydrogens is 316 g/mol. The second kappa shape index (κ2) is 5.91. The maximum Gasteiger partial charge on any atom is 0.116 e. The van der Waals surface area contributed by atoms with Crippen LogP contribution in [0, 0.1) is 11.3 Å². The van der Waals surface area contributed by atoms with Gasteiger partial charge in [0.05, 0.1) is 23.7 Å². The molecule has 0 amide bonds. The minimum atomic E-state index is -0.279. The smallest absolute Gasteiger partial charge is 0.116 e. The van der Waals surface area contributed by atoms with Crippen LogP contribution in [0.5, 0.6) is 0 Å². The number of aliphatic imine (C=N–C) groups is 1. The third-order valence-corrected chi connectivity index (χ3v) is 4.64. The molecule has 2 aromatic rings. The van der Waals surface area contributed by atoms with Crippen molar-refractivity contribution in [1.82, 2.24) is 5.32 Å². The monoisotopic (exact) mass is 330 g/mol. The van der Waals surface area contributed by atoms with Gasteiger partial charge in [0.1, 0.15) is 17.1 Å². The maximum absolute atomic E-state index is 9.82. The topological polar surface area (TPSA) is 51.4 Å². The number of thiocarbonyl (C=S) groups is 1. The van der Waals surface area contributed by atoms with Crippen LogP contribution in [0.25, 0.3) is 5.70 Å². The standard InChI is InChI=1S/C19H14N4S/c20-11-15-16-18(19(24)22-12-21-16)23(14-9-5-2-6-10-14)17(15)13-7-3-1-4-8-13/h1-10,12,16,18H,(H,21,22,24). The highest BCUT2D eigenvalue weighted by Crippen LogP contribution is 2.41. The average Bonchev–Trinajstić information content (AvgIpc) is 2.99. The number of para-hydroxylation sites is 1. The summed E-state index contributed by atoms with van der Waals surface area (Å²) in [6.07, 6.45) is 1.60. The number of nitrogens with zero attached hydrogens (tertiary/aromatic N) is 3. The summed E-state index contributed by atoms with van der Waals surface area (Å²) in [6.45, 7) is 0. The number of fused-ring (bicyclic) bond motifs is 1. The molecule has 0 saturated carbocycles. The number of anilines is 1. The van der Waals surface area contributed by atoms with E-state index in [0.717, 1.165) is 16.9 Å². The third kappa shape index (κ3) is 2.20. The van der Waals surface area contributed by atoms with Crippen molar-refractivity contribution < 1.29 is 0 Å². The minimum Gasteiger partial charge on any atom is -0.339 e. The fraction of sp³-hybridized carbons (Fsp3) is 0.105. The molecule has 2 aliphatic heterocycles. The lowest BCUT2D eigenvalue weighted by molar-refractivity contribution is 0.726. The molecule has 5 heteroatoms. The van der Waals surface area contributed by atoms with Crippen molar-refractivity contribution in [2.45, 2.75) is 12.1 Å². The summed E-state index contributed by atoms with van der Waals surface area (Å²) in [5.74, 6) is 0. The van der Waals surface area contributed by atoms with Crippen molar-refractivity contribution in [3.05, 3.63) is 71.8 Å². The Kier molecular flexibility index (Phi) is 3.60. The molecule has 4 rings (SSSR count). The molecule has 2 unspecified atom stereocenters. The van der Waals surface area contributed by atoms with E-state index in [0.29, 0.717) is 10.6 Å². The van der Waals surface area contributed by atoms with E-state index >= 15 is 0 Å². The highest BCUT2D eigenvalue weighted by Gasteiger charge is 2.45. The third-order valence-electron chi connectivity index (χ3n) is 4.28. The Morgan fingerprint density at radius 1 is 1.04 bits per heavy atom. The fourth-order valence-electron chi connectivity index (χ4n) is 3.28. The van der Waals surface area contributed by atoms with E-state index in [-0.39, 0.29) is 12.1 Å². The quantitative estimate of drug-likeness (QED) is 0.860. The molecular formula is C19H14N4S. The molecule has 0 aliphatic carbocycles. The first-order valence-electron chi connectivity index (χ1n) is 7.67. The Morgan fingerprint density at radius 3 is 2.38 bits per heavy atom. The second-order valence-corrected chi connectivity index (χ2v) is 6.06. The lowest BCUT2D eigenvalue weighted by atomic mass is 10.0. The van der Waals surface area contributed by atoms with Crippen LogP contribution in [0.3, 0.4) is 0 Å². The highest BCUT2D eigenvalue weighted by molar-refractivity contribution is 7.80. The van der Waals surface area contributed by atoms with Crippen molar-refractivity contribution in [3.63, 3.8) is 0 Å². The zero-order valence-electron chi connectivity index (χ0n) is 12.8. The number of hydrogen-bond donors (Lipinski definition) is 1. The van der Waals surface area contributed by atoms with Gasteiger partial charge in [0, 0.05) is 5.69 Å². The number of nitrogens with one attached hydrogen (secondary N) is 1. The summed E-state index contributed by atoms with van der Waals surface area (Å²) in [5.41, 5.74) is 3.51. The van der Waals surface area contributed by atoms with Crippen molar-refractivity contribution in [2.24, 2.45) is 4.99 Å². The SMILES string of the molecule is N#CC1=C(c2ccccc2)N(c2ccccc2)C2C(=S)NC=NC12. The first-order chi connectivity index (χ1) is 11.8. The molecule has 116 valence electrons. The zero-order chi connectivity index (χ0) is 16.5. The molecule has 0 radical (unpaired) electrons. The normalized spacial score (nSPS) is 22.1. The predicted molar refractivity (Wildman–Crippen MR) is 99.7 cm³/mol. The lowest BCUT2D eigenvalue weighted by Crippen LogP contribution is -2.50. The number of nitriles is 1. The van der Waals surface area contributed by atoms with Gasteiger partial charge in [-0.1, -0.05) is 60.7 Å². The van der Waals surface area contributed by atoms with Gasteiger partial charge in [0.15, 0.2) is 0 Å². The van der Waals surface area contributed by atoms with E-state index in [1.54, 1.807) is 6.34 Å². The fourth-order valence-corrected chi connectivity index (χ4v) is 3.57. The van der Waals surface area contributed by atoms with Crippen molar-refractivity contribution >= 4 is 34.9 Å². The Bertz CT molecular complexity index is 881. The van der Waals surface area contributed by atoms with Crippen molar-refractivity contribution in [3.8, 4) is 6.07 Å². The number of hydrogen-bond acceptors (Lipinski definition) is 4. The molecule has 4 nitrogen and oxygen atoms in total. The molecule has 0 aromatic heterocycles. The van der Waals surface area contributed by atoms with Gasteiger partial charge in [0.25, 0.3) is 0 Å². The molecule has 2 aliphatic rings. The molecule has 0 spiro atoms. The van der Waals surface area contributed by atoms with Crippen LogP contribution in [-0.2, 0) is 0 Å². The zero-order valence-corrected chi connectivity index (χ0v) is 13.6. The second-order valence-electron chi connectivity index (χ2n) is 5.62. The molecule has 2 aromatic carbocycles. The molecule has 2 heterocycles. The highest BCUT2D eigenvalue weighted by atomic mass is 32.1. The first-order valence-corrected chi connectivity index (χ1v) is 8.08. The van der Waals surface area contributed by atoms with E-state index in [1.165, 1.54) is 0 Å². The van der Waals surface area contributed by atoms with Crippen LogP contribution < -0.4 is 10.2 Å². The van der Waals surface area contributed by atoms with Crippen LogP contribution in [0.1, 0.15) is 5.56 Å². The predicted octanol–water partition coefficient (Wildman–Crippen LogP) is 3.14. The van der Waals surface area contributed by atoms with Gasteiger partial charge in [-0.25, -0.2) is 0 Å². The van der Waals surface area contributed by atoms with Crippen LogP contribution in [0.15, 0.2) is 71.2 Å². The van der Waals surface area contributed by atoms with E-state index in [9.17, 15) is 5.26 Å². The summed E-state index contributed by atoms with van der Waals surface area (Å²) in [7, 11) is 0. The Morgan fingerprint density at radius 2 is 1.71 bits per heavy atom. The van der Waals surface area contributed by atoms with Gasteiger partial charge in [-0.3, -0.25) is 4.99 Å². The van der Waals surface area contributed by atoms with Crippen molar-refractivity contribution in [2.75, 3.05) is 4.90 Å². The molecule has 0 saturated heterocycles. The minimum absolute atomic E-state index is 0.183. The van der Waals surface area contributed by atoms with E-state index in [2.05, 4.69) is 21.3 Å². The summed E-state index contributed by atoms with van der Waals surface area (Å²) < 4.78 is 0. The maximum atomic E-state index is 9.82. The van der Waals surface area contributed by atoms with Crippen LogP contribution >= 0.6 is 12.2 Å². The van der Waals surface area contributed by atoms with Gasteiger partial charge < -0.3 is 10.2 Å². The molecule has 24 heavy (non-hydrogen) atoms. The van der Waals surface area contributed by atoms with Crippen molar-refractivity contribution in [1.29, 1.82) is 5.26 Å². The van der Waals surface area contributed by atoms with E-state index in [4.69, 9.17) is 12.2 Å². The summed E-state index contributed by atoms with van der Waals surface area (Å²) in [4.78, 5) is 7.31. The Balaban J connectivity index is 1.96. The van der Waals surface area contributed by atoms with Gasteiger partial charge in [0.2, 0.25) is 0 Å². The summed E-state index contributed by atoms with van der Waals surface area (Å²) in [5, 5.41) is 12.8. The van der Waals surface area contributed by atoms with Crippen LogP contribution in [0.2, 0.25) is 0 Å². The van der Waals surface area contributed by atoms with Gasteiger partial charge >= 0.3 is 0 Å². The molecule has 2 atom stereocenters. The average molecular weight is 330 g/mol. The number of rotatable bonds is 2. The molecule has 0 fully saturated rings. The molecule has 0 bridgehead atoms. The van der Waals surface area contributed by atoms with Crippen LogP contribution in [0.4, 0.5) is 5.69 Å². The number of benzene rings is 2.